The maximum absolute atomic E-state index is 12.5. The minimum Gasteiger partial charge on any atom is -0.390 e. The van der Waals surface area contributed by atoms with E-state index in [4.69, 9.17) is 11.6 Å². The quantitative estimate of drug-likeness (QED) is 0.600. The summed E-state index contributed by atoms with van der Waals surface area (Å²) in [6.07, 6.45) is -0.845. The first-order valence-electron chi connectivity index (χ1n) is 6.06. The molecule has 0 spiro atoms. The Morgan fingerprint density at radius 2 is 2.14 bits per heavy atom. The van der Waals surface area contributed by atoms with E-state index in [-0.39, 0.29) is 22.2 Å². The molecule has 10 heteroatoms. The number of hydrogen-bond donors (Lipinski definition) is 2. The summed E-state index contributed by atoms with van der Waals surface area (Å²) in [5.41, 5.74) is -0.364. The van der Waals surface area contributed by atoms with E-state index in [0.29, 0.717) is 6.54 Å². The highest BCUT2D eigenvalue weighted by atomic mass is 35.5. The Morgan fingerprint density at radius 1 is 1.48 bits per heavy atom. The van der Waals surface area contributed by atoms with Crippen molar-refractivity contribution in [3.05, 3.63) is 33.3 Å². The molecule has 0 amide bonds. The number of rotatable bonds is 4. The van der Waals surface area contributed by atoms with Crippen LogP contribution in [0.5, 0.6) is 0 Å². The molecule has 8 nitrogen and oxygen atoms in total. The molecule has 1 aliphatic rings. The fraction of sp³-hybridized carbons (Fsp3) is 0.455. The molecule has 1 aromatic rings. The van der Waals surface area contributed by atoms with Crippen LogP contribution in [0.3, 0.4) is 0 Å². The van der Waals surface area contributed by atoms with Crippen molar-refractivity contribution in [1.29, 1.82) is 0 Å². The third kappa shape index (κ3) is 3.01. The summed E-state index contributed by atoms with van der Waals surface area (Å²) >= 11 is 5.87. The molecular formula is C11H14ClN3O5S. The number of halogens is 1. The summed E-state index contributed by atoms with van der Waals surface area (Å²) < 4.78 is 26.1. The van der Waals surface area contributed by atoms with Gasteiger partial charge in [0.15, 0.2) is 0 Å². The van der Waals surface area contributed by atoms with Crippen LogP contribution in [-0.2, 0) is 10.0 Å². The van der Waals surface area contributed by atoms with Crippen LogP contribution in [0.15, 0.2) is 23.1 Å². The standard InChI is InChI=1S/C11H14ClN3O5S/c1-14(9-5-13-6-10(9)16)21(19,20)11-4-7(15(17)18)2-3-8(11)12/h2-4,9-10,13,16H,5-6H2,1H3/t9-,10-/m0/s1. The minimum absolute atomic E-state index is 0.104. The topological polar surface area (TPSA) is 113 Å². The van der Waals surface area contributed by atoms with E-state index in [1.807, 2.05) is 0 Å². The third-order valence-corrected chi connectivity index (χ3v) is 5.77. The first-order chi connectivity index (χ1) is 9.75. The molecule has 2 N–H and O–H groups in total. The summed E-state index contributed by atoms with van der Waals surface area (Å²) in [4.78, 5) is 9.73. The van der Waals surface area contributed by atoms with Crippen molar-refractivity contribution in [2.75, 3.05) is 20.1 Å². The highest BCUT2D eigenvalue weighted by Gasteiger charge is 2.37. The number of hydrogen-bond acceptors (Lipinski definition) is 6. The van der Waals surface area contributed by atoms with Crippen LogP contribution < -0.4 is 5.32 Å². The van der Waals surface area contributed by atoms with Gasteiger partial charge in [-0.25, -0.2) is 8.42 Å². The van der Waals surface area contributed by atoms with Crippen molar-refractivity contribution in [2.45, 2.75) is 17.0 Å². The number of non-ortho nitro benzene ring substituents is 1. The van der Waals surface area contributed by atoms with Gasteiger partial charge in [0, 0.05) is 32.3 Å². The highest BCUT2D eigenvalue weighted by Crippen LogP contribution is 2.29. The van der Waals surface area contributed by atoms with Crippen LogP contribution >= 0.6 is 11.6 Å². The molecule has 0 saturated carbocycles. The van der Waals surface area contributed by atoms with Gasteiger partial charge in [0.2, 0.25) is 10.0 Å². The van der Waals surface area contributed by atoms with Gasteiger partial charge in [-0.3, -0.25) is 10.1 Å². The second kappa shape index (κ2) is 5.85. The second-order valence-electron chi connectivity index (χ2n) is 4.69. The lowest BCUT2D eigenvalue weighted by Gasteiger charge is -2.25. The van der Waals surface area contributed by atoms with Crippen LogP contribution in [0.4, 0.5) is 5.69 Å². The van der Waals surface area contributed by atoms with Gasteiger partial charge in [0.25, 0.3) is 5.69 Å². The SMILES string of the molecule is CN([C@H]1CNC[C@@H]1O)S(=O)(=O)c1cc([N+](=O)[O-])ccc1Cl. The molecule has 1 aliphatic heterocycles. The van der Waals surface area contributed by atoms with Gasteiger partial charge in [0.1, 0.15) is 4.90 Å². The first kappa shape index (κ1) is 16.1. The summed E-state index contributed by atoms with van der Waals surface area (Å²) in [6, 6.07) is 2.57. The molecule has 1 fully saturated rings. The minimum atomic E-state index is -4.05. The number of nitro benzene ring substituents is 1. The zero-order chi connectivity index (χ0) is 15.8. The van der Waals surface area contributed by atoms with Crippen molar-refractivity contribution in [2.24, 2.45) is 0 Å². The molecule has 21 heavy (non-hydrogen) atoms. The molecule has 2 atom stereocenters. The number of likely N-dealkylation sites (N-methyl/N-ethyl adjacent to an activating group) is 1. The Balaban J connectivity index is 2.43. The average Bonchev–Trinajstić information content (AvgIpc) is 2.83. The predicted octanol–water partition coefficient (Wildman–Crippen LogP) is 0.201. The average molecular weight is 336 g/mol. The first-order valence-corrected chi connectivity index (χ1v) is 7.87. The van der Waals surface area contributed by atoms with E-state index in [1.165, 1.54) is 13.1 Å². The number of nitro groups is 1. The van der Waals surface area contributed by atoms with Crippen LogP contribution in [0.2, 0.25) is 5.02 Å². The maximum atomic E-state index is 12.5. The second-order valence-corrected chi connectivity index (χ2v) is 7.06. The fourth-order valence-electron chi connectivity index (χ4n) is 2.16. The molecule has 0 bridgehead atoms. The Bertz CT molecular complexity index is 666. The molecule has 0 unspecified atom stereocenters. The Labute approximate surface area is 126 Å². The van der Waals surface area contributed by atoms with E-state index >= 15 is 0 Å². The number of aliphatic hydroxyl groups is 1. The fourth-order valence-corrected chi connectivity index (χ4v) is 4.03. The van der Waals surface area contributed by atoms with E-state index in [1.54, 1.807) is 0 Å². The van der Waals surface area contributed by atoms with Crippen LogP contribution in [0.1, 0.15) is 0 Å². The zero-order valence-electron chi connectivity index (χ0n) is 11.1. The van der Waals surface area contributed by atoms with Crippen molar-refractivity contribution >= 4 is 27.3 Å². The van der Waals surface area contributed by atoms with Crippen molar-refractivity contribution in [3.8, 4) is 0 Å². The highest BCUT2D eigenvalue weighted by molar-refractivity contribution is 7.89. The molecule has 0 aliphatic carbocycles. The number of benzene rings is 1. The van der Waals surface area contributed by atoms with Crippen molar-refractivity contribution in [1.82, 2.24) is 9.62 Å². The van der Waals surface area contributed by atoms with Crippen LogP contribution in [-0.4, -0.2) is 55.0 Å². The molecule has 0 radical (unpaired) electrons. The van der Waals surface area contributed by atoms with E-state index in [2.05, 4.69) is 5.32 Å². The van der Waals surface area contributed by atoms with Crippen LogP contribution in [0, 0.1) is 10.1 Å². The molecule has 1 saturated heterocycles. The molecular weight excluding hydrogens is 322 g/mol. The summed E-state index contributed by atoms with van der Waals surface area (Å²) in [7, 11) is -2.73. The smallest absolute Gasteiger partial charge is 0.270 e. The van der Waals surface area contributed by atoms with E-state index in [0.717, 1.165) is 16.4 Å². The van der Waals surface area contributed by atoms with Gasteiger partial charge < -0.3 is 10.4 Å². The largest absolute Gasteiger partial charge is 0.390 e. The number of β-amino-alcohol motifs (C(OH)–C–C–N with tert-alkyl or cyclic N) is 1. The zero-order valence-corrected chi connectivity index (χ0v) is 12.6. The number of aliphatic hydroxyl groups excluding tert-OH is 1. The molecule has 0 aromatic heterocycles. The van der Waals surface area contributed by atoms with E-state index in [9.17, 15) is 23.6 Å². The normalized spacial score (nSPS) is 22.7. The maximum Gasteiger partial charge on any atom is 0.270 e. The molecule has 116 valence electrons. The van der Waals surface area contributed by atoms with Gasteiger partial charge in [0.05, 0.1) is 22.1 Å². The number of nitrogens with one attached hydrogen (secondary N) is 1. The van der Waals surface area contributed by atoms with Crippen molar-refractivity contribution in [3.63, 3.8) is 0 Å². The molecule has 2 rings (SSSR count). The lowest BCUT2D eigenvalue weighted by molar-refractivity contribution is -0.385. The van der Waals surface area contributed by atoms with Gasteiger partial charge in [-0.05, 0) is 6.07 Å². The monoisotopic (exact) mass is 335 g/mol. The van der Waals surface area contributed by atoms with Crippen LogP contribution in [0.25, 0.3) is 0 Å². The Hall–Kier alpha value is -1.26. The Kier molecular flexibility index (Phi) is 4.49. The molecule has 1 heterocycles. The third-order valence-electron chi connectivity index (χ3n) is 3.40. The predicted molar refractivity (Wildman–Crippen MR) is 75.7 cm³/mol. The lowest BCUT2D eigenvalue weighted by Crippen LogP contribution is -2.44. The van der Waals surface area contributed by atoms with Gasteiger partial charge >= 0.3 is 0 Å². The molecule has 1 aromatic carbocycles. The van der Waals surface area contributed by atoms with E-state index < -0.39 is 27.1 Å². The number of nitrogens with zero attached hydrogens (tertiary/aromatic N) is 2. The summed E-state index contributed by atoms with van der Waals surface area (Å²) in [5.74, 6) is 0. The lowest BCUT2D eigenvalue weighted by atomic mass is 10.2. The number of sulfonamides is 1. The summed E-state index contributed by atoms with van der Waals surface area (Å²) in [6.45, 7) is 0.580. The summed E-state index contributed by atoms with van der Waals surface area (Å²) in [5, 5.41) is 23.3. The Morgan fingerprint density at radius 3 is 2.67 bits per heavy atom. The van der Waals surface area contributed by atoms with Gasteiger partial charge in [-0.15, -0.1) is 0 Å². The van der Waals surface area contributed by atoms with Crippen molar-refractivity contribution < 1.29 is 18.4 Å². The van der Waals surface area contributed by atoms with Gasteiger partial charge in [-0.1, -0.05) is 11.6 Å². The van der Waals surface area contributed by atoms with Gasteiger partial charge in [-0.2, -0.15) is 4.31 Å².